The van der Waals surface area contributed by atoms with Gasteiger partial charge in [0, 0.05) is 19.6 Å². The highest BCUT2D eigenvalue weighted by Crippen LogP contribution is 2.15. The van der Waals surface area contributed by atoms with E-state index in [-0.39, 0.29) is 6.09 Å². The van der Waals surface area contributed by atoms with Gasteiger partial charge in [0.25, 0.3) is 0 Å². The largest absolute Gasteiger partial charge is 0.492 e. The quantitative estimate of drug-likeness (QED) is 0.521. The van der Waals surface area contributed by atoms with E-state index < -0.39 is 12.1 Å². The standard InChI is InChI=1S/C24H31NO6/c1-3-30-22(23(26)27)18-20-11-13-21(14-12-20)31-17-16-25(24(28)29-2)15-7-10-19-8-5-4-6-9-19/h4-6,8-9,11-14,22H,3,7,10,15-18H2,1-2H3,(H,26,27). The third-order valence-electron chi connectivity index (χ3n) is 4.79. The predicted molar refractivity (Wildman–Crippen MR) is 117 cm³/mol. The smallest absolute Gasteiger partial charge is 0.409 e. The van der Waals surface area contributed by atoms with E-state index in [4.69, 9.17) is 14.2 Å². The number of aryl methyl sites for hydroxylation is 1. The third kappa shape index (κ3) is 8.68. The van der Waals surface area contributed by atoms with Crippen molar-refractivity contribution in [2.75, 3.05) is 33.4 Å². The molecule has 31 heavy (non-hydrogen) atoms. The first-order valence-electron chi connectivity index (χ1n) is 10.5. The highest BCUT2D eigenvalue weighted by atomic mass is 16.5. The van der Waals surface area contributed by atoms with E-state index in [1.54, 1.807) is 24.0 Å². The summed E-state index contributed by atoms with van der Waals surface area (Å²) < 4.78 is 15.9. The number of methoxy groups -OCH3 is 1. The molecule has 0 saturated carbocycles. The monoisotopic (exact) mass is 429 g/mol. The van der Waals surface area contributed by atoms with Crippen molar-refractivity contribution in [1.29, 1.82) is 0 Å². The SMILES string of the molecule is CCOC(Cc1ccc(OCCN(CCCc2ccccc2)C(=O)OC)cc1)C(=O)O. The number of aliphatic carboxylic acids is 1. The number of carboxylic acid groups (broad SMARTS) is 1. The number of amides is 1. The summed E-state index contributed by atoms with van der Waals surface area (Å²) in [6.07, 6.45) is 0.777. The van der Waals surface area contributed by atoms with Gasteiger partial charge in [0.05, 0.1) is 13.7 Å². The number of hydrogen-bond donors (Lipinski definition) is 1. The topological polar surface area (TPSA) is 85.3 Å². The molecular formula is C24H31NO6. The highest BCUT2D eigenvalue weighted by Gasteiger charge is 2.18. The van der Waals surface area contributed by atoms with Crippen molar-refractivity contribution in [3.63, 3.8) is 0 Å². The van der Waals surface area contributed by atoms with Gasteiger partial charge in [0.15, 0.2) is 6.10 Å². The Morgan fingerprint density at radius 2 is 1.71 bits per heavy atom. The van der Waals surface area contributed by atoms with Gasteiger partial charge < -0.3 is 24.2 Å². The van der Waals surface area contributed by atoms with Crippen LogP contribution < -0.4 is 4.74 Å². The maximum Gasteiger partial charge on any atom is 0.409 e. The predicted octanol–water partition coefficient (Wildman–Crippen LogP) is 3.80. The molecule has 0 aliphatic heterocycles. The van der Waals surface area contributed by atoms with Crippen LogP contribution in [-0.4, -0.2) is 61.6 Å². The van der Waals surface area contributed by atoms with Gasteiger partial charge in [-0.05, 0) is 43.0 Å². The summed E-state index contributed by atoms with van der Waals surface area (Å²) in [4.78, 5) is 24.9. The molecule has 1 unspecified atom stereocenters. The van der Waals surface area contributed by atoms with Gasteiger partial charge in [-0.15, -0.1) is 0 Å². The van der Waals surface area contributed by atoms with E-state index in [0.29, 0.717) is 38.5 Å². The zero-order valence-corrected chi connectivity index (χ0v) is 18.2. The van der Waals surface area contributed by atoms with Crippen LogP contribution >= 0.6 is 0 Å². The zero-order valence-electron chi connectivity index (χ0n) is 18.2. The van der Waals surface area contributed by atoms with Crippen molar-refractivity contribution < 1.29 is 28.9 Å². The molecule has 1 amide bonds. The summed E-state index contributed by atoms with van der Waals surface area (Å²) in [5.74, 6) is -0.321. The van der Waals surface area contributed by atoms with Crippen LogP contribution in [0, 0.1) is 0 Å². The molecule has 1 N–H and O–H groups in total. The Bertz CT molecular complexity index is 793. The lowest BCUT2D eigenvalue weighted by atomic mass is 10.1. The maximum atomic E-state index is 12.0. The molecule has 0 saturated heterocycles. The summed E-state index contributed by atoms with van der Waals surface area (Å²) in [5, 5.41) is 9.19. The Morgan fingerprint density at radius 3 is 2.32 bits per heavy atom. The first-order valence-corrected chi connectivity index (χ1v) is 10.5. The first kappa shape index (κ1) is 24.2. The number of rotatable bonds is 13. The number of benzene rings is 2. The molecule has 2 aromatic carbocycles. The van der Waals surface area contributed by atoms with Gasteiger partial charge in [0.2, 0.25) is 0 Å². The summed E-state index contributed by atoms with van der Waals surface area (Å²) in [5.41, 5.74) is 2.09. The van der Waals surface area contributed by atoms with Gasteiger partial charge in [-0.2, -0.15) is 0 Å². The Labute approximate surface area is 183 Å². The number of carboxylic acids is 1. The molecule has 7 nitrogen and oxygen atoms in total. The Hall–Kier alpha value is -3.06. The fraction of sp³-hybridized carbons (Fsp3) is 0.417. The summed E-state index contributed by atoms with van der Waals surface area (Å²) in [6, 6.07) is 17.4. The summed E-state index contributed by atoms with van der Waals surface area (Å²) in [6.45, 7) is 3.44. The second-order valence-electron chi connectivity index (χ2n) is 7.02. The summed E-state index contributed by atoms with van der Waals surface area (Å²) >= 11 is 0. The molecule has 0 spiro atoms. The number of nitrogens with zero attached hydrogens (tertiary/aromatic N) is 1. The normalized spacial score (nSPS) is 11.5. The molecule has 2 aromatic rings. The van der Waals surface area contributed by atoms with Crippen LogP contribution in [0.25, 0.3) is 0 Å². The van der Waals surface area contributed by atoms with Crippen LogP contribution in [0.5, 0.6) is 5.75 Å². The van der Waals surface area contributed by atoms with E-state index in [0.717, 1.165) is 18.4 Å². The first-order chi connectivity index (χ1) is 15.0. The van der Waals surface area contributed by atoms with E-state index in [9.17, 15) is 14.7 Å². The second-order valence-corrected chi connectivity index (χ2v) is 7.02. The number of carbonyl (C=O) groups excluding carboxylic acids is 1. The molecular weight excluding hydrogens is 398 g/mol. The molecule has 2 rings (SSSR count). The summed E-state index contributed by atoms with van der Waals surface area (Å²) in [7, 11) is 1.37. The minimum atomic E-state index is -0.975. The van der Waals surface area contributed by atoms with E-state index in [2.05, 4.69) is 12.1 Å². The van der Waals surface area contributed by atoms with E-state index >= 15 is 0 Å². The lowest BCUT2D eigenvalue weighted by Crippen LogP contribution is -2.35. The van der Waals surface area contributed by atoms with Crippen molar-refractivity contribution in [1.82, 2.24) is 4.90 Å². The van der Waals surface area contributed by atoms with Gasteiger partial charge in [-0.25, -0.2) is 9.59 Å². The molecule has 0 aliphatic rings. The van der Waals surface area contributed by atoms with Gasteiger partial charge in [0.1, 0.15) is 12.4 Å². The Kier molecular flexibility index (Phi) is 10.4. The highest BCUT2D eigenvalue weighted by molar-refractivity contribution is 5.72. The van der Waals surface area contributed by atoms with Gasteiger partial charge in [-0.3, -0.25) is 0 Å². The van der Waals surface area contributed by atoms with Crippen LogP contribution in [0.15, 0.2) is 54.6 Å². The van der Waals surface area contributed by atoms with Crippen molar-refractivity contribution >= 4 is 12.1 Å². The number of ether oxygens (including phenoxy) is 3. The minimum Gasteiger partial charge on any atom is -0.492 e. The molecule has 0 fully saturated rings. The van der Waals surface area contributed by atoms with Crippen LogP contribution in [-0.2, 0) is 27.1 Å². The van der Waals surface area contributed by atoms with Crippen molar-refractivity contribution in [3.05, 3.63) is 65.7 Å². The minimum absolute atomic E-state index is 0.293. The van der Waals surface area contributed by atoms with E-state index in [1.165, 1.54) is 12.7 Å². The molecule has 7 heteroatoms. The van der Waals surface area contributed by atoms with Crippen molar-refractivity contribution in [3.8, 4) is 5.75 Å². The Morgan fingerprint density at radius 1 is 1.00 bits per heavy atom. The Balaban J connectivity index is 1.80. The lowest BCUT2D eigenvalue weighted by Gasteiger charge is -2.21. The molecule has 1 atom stereocenters. The van der Waals surface area contributed by atoms with Crippen LogP contribution in [0.3, 0.4) is 0 Å². The van der Waals surface area contributed by atoms with Gasteiger partial charge in [-0.1, -0.05) is 42.5 Å². The molecule has 168 valence electrons. The molecule has 0 aromatic heterocycles. The number of hydrogen-bond acceptors (Lipinski definition) is 5. The molecule has 0 radical (unpaired) electrons. The van der Waals surface area contributed by atoms with Crippen molar-refractivity contribution in [2.24, 2.45) is 0 Å². The lowest BCUT2D eigenvalue weighted by molar-refractivity contribution is -0.149. The molecule has 0 bridgehead atoms. The maximum absolute atomic E-state index is 12.0. The average molecular weight is 430 g/mol. The molecule has 0 aliphatic carbocycles. The molecule has 0 heterocycles. The zero-order chi connectivity index (χ0) is 22.5. The van der Waals surface area contributed by atoms with Crippen LogP contribution in [0.1, 0.15) is 24.5 Å². The average Bonchev–Trinajstić information content (AvgIpc) is 2.79. The second kappa shape index (κ2) is 13.3. The fourth-order valence-corrected chi connectivity index (χ4v) is 3.17. The van der Waals surface area contributed by atoms with Crippen LogP contribution in [0.2, 0.25) is 0 Å². The van der Waals surface area contributed by atoms with E-state index in [1.807, 2.05) is 30.3 Å². The van der Waals surface area contributed by atoms with Crippen molar-refractivity contribution in [2.45, 2.75) is 32.3 Å². The fourth-order valence-electron chi connectivity index (χ4n) is 3.17. The van der Waals surface area contributed by atoms with Gasteiger partial charge >= 0.3 is 12.1 Å². The van der Waals surface area contributed by atoms with Crippen LogP contribution in [0.4, 0.5) is 4.79 Å². The third-order valence-corrected chi connectivity index (χ3v) is 4.79. The number of carbonyl (C=O) groups is 2.